The van der Waals surface area contributed by atoms with Gasteiger partial charge in [0.25, 0.3) is 0 Å². The van der Waals surface area contributed by atoms with Crippen molar-refractivity contribution in [1.82, 2.24) is 5.43 Å². The highest BCUT2D eigenvalue weighted by Crippen LogP contribution is 2.29. The van der Waals surface area contributed by atoms with Gasteiger partial charge in [0.2, 0.25) is 5.91 Å². The number of ether oxygens (including phenoxy) is 2. The third-order valence-corrected chi connectivity index (χ3v) is 5.11. The Kier molecular flexibility index (Phi) is 8.14. The predicted molar refractivity (Wildman–Crippen MR) is 133 cm³/mol. The fraction of sp³-hybridized carbons (Fsp3) is 0.115. The van der Waals surface area contributed by atoms with Crippen LogP contribution >= 0.6 is 0 Å². The van der Waals surface area contributed by atoms with Gasteiger partial charge in [-0.1, -0.05) is 18.2 Å². The number of nitrogens with zero attached hydrogens (tertiary/aromatic N) is 1. The topological polar surface area (TPSA) is 149 Å². The number of aryl methyl sites for hydroxylation is 1. The first-order valence-corrected chi connectivity index (χ1v) is 10.7. The SMILES string of the molecule is COc1cc(C(C)=NNC(=O)C(=O)Nc2ccc(C(N)=O)cc2)ccc1OC(=O)c1ccccc1C. The smallest absolute Gasteiger partial charge is 0.343 e. The number of nitrogens with one attached hydrogen (secondary N) is 2. The molecule has 0 unspecified atom stereocenters. The maximum Gasteiger partial charge on any atom is 0.343 e. The number of nitrogens with two attached hydrogens (primary N) is 1. The molecule has 3 aromatic carbocycles. The molecule has 0 saturated carbocycles. The molecule has 0 saturated heterocycles. The number of anilines is 1. The first kappa shape index (κ1) is 25.6. The number of methoxy groups -OCH3 is 1. The molecule has 36 heavy (non-hydrogen) atoms. The molecular weight excluding hydrogens is 464 g/mol. The largest absolute Gasteiger partial charge is 0.493 e. The molecule has 0 heterocycles. The minimum absolute atomic E-state index is 0.216. The Morgan fingerprint density at radius 1 is 0.861 bits per heavy atom. The lowest BCUT2D eigenvalue weighted by molar-refractivity contribution is -0.136. The van der Waals surface area contributed by atoms with Crippen LogP contribution in [0.1, 0.15) is 38.8 Å². The van der Waals surface area contributed by atoms with Gasteiger partial charge in [-0.25, -0.2) is 10.2 Å². The molecule has 0 spiro atoms. The van der Waals surface area contributed by atoms with Crippen molar-refractivity contribution in [2.24, 2.45) is 10.8 Å². The lowest BCUT2D eigenvalue weighted by Gasteiger charge is -2.12. The highest BCUT2D eigenvalue weighted by Gasteiger charge is 2.16. The number of carbonyl (C=O) groups is 4. The van der Waals surface area contributed by atoms with Gasteiger partial charge in [0.05, 0.1) is 18.4 Å². The van der Waals surface area contributed by atoms with E-state index in [1.54, 1.807) is 37.3 Å². The van der Waals surface area contributed by atoms with Crippen LogP contribution in [0.4, 0.5) is 5.69 Å². The fourth-order valence-corrected chi connectivity index (χ4v) is 3.09. The molecule has 0 aliphatic rings. The third-order valence-electron chi connectivity index (χ3n) is 5.11. The van der Waals surface area contributed by atoms with E-state index in [0.29, 0.717) is 22.5 Å². The molecule has 0 bridgehead atoms. The standard InChI is InChI=1S/C26H24N4O6/c1-15-6-4-5-7-20(15)26(34)36-21-13-10-18(14-22(21)35-3)16(2)29-30-25(33)24(32)28-19-11-8-17(9-12-19)23(27)31/h4-14H,1-3H3,(H2,27,31)(H,28,32)(H,30,33). The summed E-state index contributed by atoms with van der Waals surface area (Å²) in [6, 6.07) is 17.6. The molecule has 184 valence electrons. The Bertz CT molecular complexity index is 1350. The van der Waals surface area contributed by atoms with Crippen molar-refractivity contribution in [2.45, 2.75) is 13.8 Å². The maximum atomic E-state index is 12.5. The quantitative estimate of drug-likeness (QED) is 0.153. The van der Waals surface area contributed by atoms with Crippen LogP contribution in [0.2, 0.25) is 0 Å². The second kappa shape index (κ2) is 11.4. The number of primary amides is 1. The van der Waals surface area contributed by atoms with Crippen LogP contribution in [0.15, 0.2) is 71.8 Å². The van der Waals surface area contributed by atoms with Crippen LogP contribution in [-0.2, 0) is 9.59 Å². The minimum Gasteiger partial charge on any atom is -0.493 e. The Hall–Kier alpha value is -4.99. The predicted octanol–water partition coefficient (Wildman–Crippen LogP) is 2.80. The molecule has 3 amide bonds. The van der Waals surface area contributed by atoms with Crippen molar-refractivity contribution in [3.05, 3.63) is 89.0 Å². The Balaban J connectivity index is 1.65. The monoisotopic (exact) mass is 488 g/mol. The Morgan fingerprint density at radius 2 is 1.53 bits per heavy atom. The van der Waals surface area contributed by atoms with E-state index >= 15 is 0 Å². The number of benzene rings is 3. The molecular formula is C26H24N4O6. The molecule has 0 aliphatic carbocycles. The number of esters is 1. The van der Waals surface area contributed by atoms with E-state index in [4.69, 9.17) is 15.2 Å². The summed E-state index contributed by atoms with van der Waals surface area (Å²) >= 11 is 0. The highest BCUT2D eigenvalue weighted by molar-refractivity contribution is 6.39. The summed E-state index contributed by atoms with van der Waals surface area (Å²) in [4.78, 5) is 47.9. The van der Waals surface area contributed by atoms with E-state index in [0.717, 1.165) is 5.56 Å². The Morgan fingerprint density at radius 3 is 2.17 bits per heavy atom. The lowest BCUT2D eigenvalue weighted by atomic mass is 10.1. The van der Waals surface area contributed by atoms with Gasteiger partial charge in [-0.05, 0) is 67.9 Å². The van der Waals surface area contributed by atoms with E-state index in [2.05, 4.69) is 15.8 Å². The van der Waals surface area contributed by atoms with Crippen LogP contribution in [-0.4, -0.2) is 36.5 Å². The maximum absolute atomic E-state index is 12.5. The van der Waals surface area contributed by atoms with Gasteiger partial charge >= 0.3 is 17.8 Å². The van der Waals surface area contributed by atoms with E-state index in [9.17, 15) is 19.2 Å². The van der Waals surface area contributed by atoms with Crippen LogP contribution < -0.4 is 25.9 Å². The summed E-state index contributed by atoms with van der Waals surface area (Å²) in [6.07, 6.45) is 0. The van der Waals surface area contributed by atoms with Gasteiger partial charge in [0.1, 0.15) is 0 Å². The van der Waals surface area contributed by atoms with Crippen LogP contribution in [0.5, 0.6) is 11.5 Å². The number of hydrogen-bond acceptors (Lipinski definition) is 7. The number of rotatable bonds is 7. The summed E-state index contributed by atoms with van der Waals surface area (Å²) in [5, 5.41) is 6.34. The fourth-order valence-electron chi connectivity index (χ4n) is 3.09. The van der Waals surface area contributed by atoms with Crippen LogP contribution in [0, 0.1) is 6.92 Å². The lowest BCUT2D eigenvalue weighted by Crippen LogP contribution is -2.33. The zero-order chi connectivity index (χ0) is 26.2. The van der Waals surface area contributed by atoms with E-state index < -0.39 is 23.7 Å². The summed E-state index contributed by atoms with van der Waals surface area (Å²) in [5.74, 6) is -2.57. The van der Waals surface area contributed by atoms with Crippen molar-refractivity contribution < 1.29 is 28.7 Å². The number of carbonyl (C=O) groups excluding carboxylic acids is 4. The zero-order valence-electron chi connectivity index (χ0n) is 19.8. The number of amides is 3. The average Bonchev–Trinajstić information content (AvgIpc) is 2.87. The van der Waals surface area contributed by atoms with Gasteiger partial charge in [0, 0.05) is 16.8 Å². The van der Waals surface area contributed by atoms with E-state index in [-0.39, 0.29) is 17.1 Å². The number of hydrazone groups is 1. The van der Waals surface area contributed by atoms with Crippen molar-refractivity contribution in [3.8, 4) is 11.5 Å². The number of hydrogen-bond donors (Lipinski definition) is 3. The summed E-state index contributed by atoms with van der Waals surface area (Å²) in [5.41, 5.74) is 10.1. The van der Waals surface area contributed by atoms with Crippen molar-refractivity contribution >= 4 is 35.1 Å². The first-order valence-electron chi connectivity index (χ1n) is 10.7. The van der Waals surface area contributed by atoms with Gasteiger partial charge < -0.3 is 20.5 Å². The molecule has 0 radical (unpaired) electrons. The van der Waals surface area contributed by atoms with Gasteiger partial charge in [-0.2, -0.15) is 5.10 Å². The Labute approximate surface area is 207 Å². The van der Waals surface area contributed by atoms with Crippen LogP contribution in [0.3, 0.4) is 0 Å². The molecule has 0 aliphatic heterocycles. The third kappa shape index (κ3) is 6.32. The van der Waals surface area contributed by atoms with Crippen molar-refractivity contribution in [1.29, 1.82) is 0 Å². The molecule has 0 fully saturated rings. The molecule has 4 N–H and O–H groups in total. The summed E-state index contributed by atoms with van der Waals surface area (Å²) in [6.45, 7) is 3.43. The second-order valence-electron chi connectivity index (χ2n) is 7.60. The zero-order valence-corrected chi connectivity index (χ0v) is 19.8. The molecule has 10 heteroatoms. The molecule has 0 aromatic heterocycles. The molecule has 3 aromatic rings. The second-order valence-corrected chi connectivity index (χ2v) is 7.60. The summed E-state index contributed by atoms with van der Waals surface area (Å²) in [7, 11) is 1.43. The average molecular weight is 489 g/mol. The minimum atomic E-state index is -0.996. The van der Waals surface area contributed by atoms with Gasteiger partial charge in [0.15, 0.2) is 11.5 Å². The van der Waals surface area contributed by atoms with Gasteiger partial charge in [-0.3, -0.25) is 14.4 Å². The van der Waals surface area contributed by atoms with Crippen LogP contribution in [0.25, 0.3) is 0 Å². The molecule has 3 rings (SSSR count). The first-order chi connectivity index (χ1) is 17.2. The molecule has 0 atom stereocenters. The van der Waals surface area contributed by atoms with E-state index in [1.165, 1.54) is 31.4 Å². The highest BCUT2D eigenvalue weighted by atomic mass is 16.6. The van der Waals surface area contributed by atoms with Crippen molar-refractivity contribution in [2.75, 3.05) is 12.4 Å². The van der Waals surface area contributed by atoms with Crippen molar-refractivity contribution in [3.63, 3.8) is 0 Å². The van der Waals surface area contributed by atoms with Gasteiger partial charge in [-0.15, -0.1) is 0 Å². The normalized spacial score (nSPS) is 10.8. The summed E-state index contributed by atoms with van der Waals surface area (Å²) < 4.78 is 10.8. The van der Waals surface area contributed by atoms with E-state index in [1.807, 2.05) is 19.1 Å². The molecule has 10 nitrogen and oxygen atoms in total.